The molecule has 1 aromatic carbocycles. The van der Waals surface area contributed by atoms with Gasteiger partial charge in [0.15, 0.2) is 0 Å². The van der Waals surface area contributed by atoms with Crippen molar-refractivity contribution in [2.24, 2.45) is 0 Å². The van der Waals surface area contributed by atoms with E-state index < -0.39 is 0 Å². The van der Waals surface area contributed by atoms with Crippen LogP contribution >= 0.6 is 11.6 Å². The van der Waals surface area contributed by atoms with E-state index in [1.807, 2.05) is 6.07 Å². The molecular weight excluding hydrogens is 360 g/mol. The van der Waals surface area contributed by atoms with Crippen molar-refractivity contribution in [3.8, 4) is 5.75 Å². The summed E-state index contributed by atoms with van der Waals surface area (Å²) in [6.07, 6.45) is 11.0. The summed E-state index contributed by atoms with van der Waals surface area (Å²) in [6, 6.07) is 3.94. The van der Waals surface area contributed by atoms with Crippen molar-refractivity contribution >= 4 is 17.5 Å². The summed E-state index contributed by atoms with van der Waals surface area (Å²) in [5, 5.41) is 7.60. The van der Waals surface area contributed by atoms with Gasteiger partial charge in [-0.25, -0.2) is 0 Å². The predicted octanol–water partition coefficient (Wildman–Crippen LogP) is 4.41. The number of halogens is 1. The number of ether oxygens (including phenoxy) is 1. The lowest BCUT2D eigenvalue weighted by Gasteiger charge is -2.40. The molecule has 1 aromatic rings. The van der Waals surface area contributed by atoms with Crippen LogP contribution in [0.5, 0.6) is 5.75 Å². The molecule has 2 heterocycles. The van der Waals surface area contributed by atoms with Gasteiger partial charge in [0, 0.05) is 11.1 Å². The van der Waals surface area contributed by atoms with Gasteiger partial charge in [0.1, 0.15) is 5.75 Å². The normalized spacial score (nSPS) is 24.4. The fourth-order valence-corrected chi connectivity index (χ4v) is 5.03. The number of allylic oxidation sites excluding steroid dienone is 1. The second-order valence-corrected chi connectivity index (χ2v) is 8.61. The Morgan fingerprint density at radius 2 is 2.15 bits per heavy atom. The Morgan fingerprint density at radius 1 is 1.26 bits per heavy atom. The molecule has 2 unspecified atom stereocenters. The third-order valence-electron chi connectivity index (χ3n) is 6.30. The zero-order valence-corrected chi connectivity index (χ0v) is 16.8. The van der Waals surface area contributed by atoms with Crippen LogP contribution in [0, 0.1) is 0 Å². The first-order valence-electron chi connectivity index (χ1n) is 10.3. The van der Waals surface area contributed by atoms with Gasteiger partial charge in [-0.05, 0) is 88.1 Å². The Balaban J connectivity index is 1.66. The number of carbonyl (C=O) groups excluding carboxylic acids is 1. The Morgan fingerprint density at radius 3 is 2.89 bits per heavy atom. The molecule has 2 atom stereocenters. The lowest BCUT2D eigenvalue weighted by molar-refractivity contribution is 0.0897. The average molecular weight is 389 g/mol. The second-order valence-electron chi connectivity index (χ2n) is 8.17. The van der Waals surface area contributed by atoms with Crippen LogP contribution < -0.4 is 15.4 Å². The Bertz CT molecular complexity index is 755. The predicted molar refractivity (Wildman–Crippen MR) is 109 cm³/mol. The van der Waals surface area contributed by atoms with Crippen LogP contribution in [-0.4, -0.2) is 30.6 Å². The smallest absolute Gasteiger partial charge is 0.255 e. The zero-order valence-electron chi connectivity index (χ0n) is 16.1. The highest BCUT2D eigenvalue weighted by molar-refractivity contribution is 6.31. The van der Waals surface area contributed by atoms with E-state index in [1.54, 1.807) is 6.07 Å². The van der Waals surface area contributed by atoms with Gasteiger partial charge in [0.2, 0.25) is 0 Å². The standard InChI is InChI=1S/C22H29ClN2O2/c1-22(19-10-5-11-24-19,16-8-3-2-4-9-16)25-21(26)18-14-17(23)13-15-7-6-12-27-20(15)18/h8,13-14,19,24H,2-7,9-12H2,1H3,(H,25,26). The molecule has 1 aliphatic carbocycles. The van der Waals surface area contributed by atoms with E-state index in [4.69, 9.17) is 16.3 Å². The second kappa shape index (κ2) is 7.84. The molecule has 0 saturated carbocycles. The first-order valence-corrected chi connectivity index (χ1v) is 10.7. The quantitative estimate of drug-likeness (QED) is 0.751. The van der Waals surface area contributed by atoms with Crippen molar-refractivity contribution < 1.29 is 9.53 Å². The number of hydrogen-bond acceptors (Lipinski definition) is 3. The van der Waals surface area contributed by atoms with Gasteiger partial charge < -0.3 is 15.4 Å². The van der Waals surface area contributed by atoms with Crippen LogP contribution in [0.2, 0.25) is 5.02 Å². The summed E-state index contributed by atoms with van der Waals surface area (Å²) in [5.74, 6) is 0.626. The van der Waals surface area contributed by atoms with Crippen molar-refractivity contribution in [1.29, 1.82) is 0 Å². The average Bonchev–Trinajstić information content (AvgIpc) is 3.23. The largest absolute Gasteiger partial charge is 0.492 e. The van der Waals surface area contributed by atoms with Crippen LogP contribution in [0.1, 0.15) is 67.8 Å². The molecule has 0 spiro atoms. The monoisotopic (exact) mass is 388 g/mol. The number of carbonyl (C=O) groups is 1. The summed E-state index contributed by atoms with van der Waals surface area (Å²) in [5.41, 5.74) is 2.59. The number of rotatable bonds is 4. The number of fused-ring (bicyclic) bond motifs is 1. The first-order chi connectivity index (χ1) is 13.1. The molecule has 0 aromatic heterocycles. The molecule has 0 radical (unpaired) electrons. The van der Waals surface area contributed by atoms with E-state index in [-0.39, 0.29) is 17.5 Å². The summed E-state index contributed by atoms with van der Waals surface area (Å²) in [6.45, 7) is 3.85. The number of hydrogen-bond donors (Lipinski definition) is 2. The van der Waals surface area contributed by atoms with Gasteiger partial charge in [0.05, 0.1) is 17.7 Å². The van der Waals surface area contributed by atoms with E-state index >= 15 is 0 Å². The molecule has 2 N–H and O–H groups in total. The topological polar surface area (TPSA) is 50.4 Å². The Labute approximate surface area is 166 Å². The highest BCUT2D eigenvalue weighted by Crippen LogP contribution is 2.36. The molecule has 27 heavy (non-hydrogen) atoms. The Kier molecular flexibility index (Phi) is 5.47. The van der Waals surface area contributed by atoms with E-state index in [2.05, 4.69) is 23.6 Å². The number of nitrogens with one attached hydrogen (secondary N) is 2. The summed E-state index contributed by atoms with van der Waals surface area (Å²) < 4.78 is 5.87. The molecule has 4 rings (SSSR count). The van der Waals surface area contributed by atoms with Crippen molar-refractivity contribution in [2.75, 3.05) is 13.2 Å². The Hall–Kier alpha value is -1.52. The van der Waals surface area contributed by atoms with Gasteiger partial charge in [-0.15, -0.1) is 0 Å². The van der Waals surface area contributed by atoms with Crippen molar-refractivity contribution in [3.63, 3.8) is 0 Å². The van der Waals surface area contributed by atoms with E-state index in [0.29, 0.717) is 22.9 Å². The van der Waals surface area contributed by atoms with Gasteiger partial charge in [-0.3, -0.25) is 4.79 Å². The minimum absolute atomic E-state index is 0.0849. The van der Waals surface area contributed by atoms with Crippen LogP contribution in [-0.2, 0) is 6.42 Å². The molecule has 4 nitrogen and oxygen atoms in total. The van der Waals surface area contributed by atoms with Gasteiger partial charge in [0.25, 0.3) is 5.91 Å². The highest BCUT2D eigenvalue weighted by Gasteiger charge is 2.41. The number of amides is 1. The van der Waals surface area contributed by atoms with Gasteiger partial charge in [-0.2, -0.15) is 0 Å². The van der Waals surface area contributed by atoms with Gasteiger partial charge >= 0.3 is 0 Å². The maximum atomic E-state index is 13.4. The molecule has 1 saturated heterocycles. The molecule has 2 aliphatic heterocycles. The lowest BCUT2D eigenvalue weighted by atomic mass is 9.78. The number of aryl methyl sites for hydroxylation is 1. The minimum Gasteiger partial charge on any atom is -0.492 e. The molecular formula is C22H29ClN2O2. The van der Waals surface area contributed by atoms with E-state index in [1.165, 1.54) is 18.4 Å². The van der Waals surface area contributed by atoms with Crippen molar-refractivity contribution in [2.45, 2.75) is 69.9 Å². The highest BCUT2D eigenvalue weighted by atomic mass is 35.5. The molecule has 1 fully saturated rings. The molecule has 5 heteroatoms. The number of benzene rings is 1. The maximum absolute atomic E-state index is 13.4. The molecule has 0 bridgehead atoms. The fourth-order valence-electron chi connectivity index (χ4n) is 4.79. The SMILES string of the molecule is CC(NC(=O)c1cc(Cl)cc2c1OCCC2)(C1=CCCCC1)C1CCCN1. The van der Waals surface area contributed by atoms with Gasteiger partial charge in [-0.1, -0.05) is 17.7 Å². The van der Waals surface area contributed by atoms with Crippen LogP contribution in [0.4, 0.5) is 0 Å². The van der Waals surface area contributed by atoms with Crippen molar-refractivity contribution in [3.05, 3.63) is 39.9 Å². The van der Waals surface area contributed by atoms with E-state index in [9.17, 15) is 4.79 Å². The molecule has 1 amide bonds. The summed E-state index contributed by atoms with van der Waals surface area (Å²) in [7, 11) is 0. The van der Waals surface area contributed by atoms with Crippen LogP contribution in [0.25, 0.3) is 0 Å². The van der Waals surface area contributed by atoms with Crippen LogP contribution in [0.15, 0.2) is 23.8 Å². The minimum atomic E-state index is -0.377. The first kappa shape index (κ1) is 18.8. The maximum Gasteiger partial charge on any atom is 0.255 e. The van der Waals surface area contributed by atoms with Crippen molar-refractivity contribution in [1.82, 2.24) is 10.6 Å². The third kappa shape index (κ3) is 3.74. The fraction of sp³-hybridized carbons (Fsp3) is 0.591. The van der Waals surface area contributed by atoms with Crippen LogP contribution in [0.3, 0.4) is 0 Å². The summed E-state index contributed by atoms with van der Waals surface area (Å²) >= 11 is 6.31. The molecule has 3 aliphatic rings. The molecule has 146 valence electrons. The third-order valence-corrected chi connectivity index (χ3v) is 6.52. The van der Waals surface area contributed by atoms with E-state index in [0.717, 1.165) is 50.6 Å². The zero-order chi connectivity index (χ0) is 18.9. The lowest BCUT2D eigenvalue weighted by Crippen LogP contribution is -2.59. The summed E-state index contributed by atoms with van der Waals surface area (Å²) in [4.78, 5) is 13.4.